The average Bonchev–Trinajstić information content (AvgIpc) is 2.78. The molecule has 3 aromatic rings. The van der Waals surface area contributed by atoms with Crippen molar-refractivity contribution in [3.63, 3.8) is 0 Å². The summed E-state index contributed by atoms with van der Waals surface area (Å²) in [6.45, 7) is 2.10. The number of anilines is 1. The lowest BCUT2D eigenvalue weighted by Gasteiger charge is -2.09. The van der Waals surface area contributed by atoms with Crippen molar-refractivity contribution < 1.29 is 4.79 Å². The number of nitrogens with one attached hydrogen (secondary N) is 1. The number of carbonyl (C=O) groups is 1. The van der Waals surface area contributed by atoms with Gasteiger partial charge in [0.15, 0.2) is 0 Å². The third-order valence-corrected chi connectivity index (χ3v) is 4.25. The first-order chi connectivity index (χ1) is 10.5. The molecule has 0 bridgehead atoms. The van der Waals surface area contributed by atoms with Crippen LogP contribution in [0.4, 0.5) is 5.69 Å². The van der Waals surface area contributed by atoms with Crippen LogP contribution in [0.15, 0.2) is 46.9 Å². The molecular weight excluding hydrogens is 366 g/mol. The Morgan fingerprint density at radius 2 is 2.09 bits per heavy atom. The van der Waals surface area contributed by atoms with Crippen molar-refractivity contribution in [2.24, 2.45) is 0 Å². The van der Waals surface area contributed by atoms with Crippen LogP contribution in [0.2, 0.25) is 5.28 Å². The molecule has 6 heteroatoms. The minimum atomic E-state index is -0.158. The summed E-state index contributed by atoms with van der Waals surface area (Å²) < 4.78 is 2.54. The van der Waals surface area contributed by atoms with Gasteiger partial charge in [0.1, 0.15) is 6.54 Å². The van der Waals surface area contributed by atoms with E-state index in [0.717, 1.165) is 26.8 Å². The van der Waals surface area contributed by atoms with Crippen molar-refractivity contribution in [2.75, 3.05) is 5.32 Å². The van der Waals surface area contributed by atoms with Gasteiger partial charge in [-0.3, -0.25) is 4.79 Å². The summed E-state index contributed by atoms with van der Waals surface area (Å²) >= 11 is 9.58. The number of rotatable bonds is 3. The standard InChI is InChI=1S/C16H13BrClN3O/c1-10-6-7-12(11(17)8-10)19-15(22)9-21-14-5-3-2-4-13(14)20-16(21)18/h2-8H,9H2,1H3,(H,19,22). The molecule has 0 aliphatic carbocycles. The van der Waals surface area contributed by atoms with Crippen LogP contribution in [-0.4, -0.2) is 15.5 Å². The molecule has 112 valence electrons. The highest BCUT2D eigenvalue weighted by Gasteiger charge is 2.13. The van der Waals surface area contributed by atoms with Crippen LogP contribution in [0.3, 0.4) is 0 Å². The molecule has 22 heavy (non-hydrogen) atoms. The van der Waals surface area contributed by atoms with Crippen molar-refractivity contribution >= 4 is 50.2 Å². The molecule has 3 rings (SSSR count). The number of carbonyl (C=O) groups excluding carboxylic acids is 1. The molecule has 2 aromatic carbocycles. The molecular formula is C16H13BrClN3O. The van der Waals surface area contributed by atoms with Crippen LogP contribution in [0.25, 0.3) is 11.0 Å². The zero-order valence-corrected chi connectivity index (χ0v) is 14.1. The molecule has 0 saturated heterocycles. The average molecular weight is 379 g/mol. The van der Waals surface area contributed by atoms with Gasteiger partial charge in [-0.15, -0.1) is 0 Å². The summed E-state index contributed by atoms with van der Waals surface area (Å²) in [5, 5.41) is 3.18. The molecule has 0 atom stereocenters. The number of aryl methyl sites for hydroxylation is 1. The Morgan fingerprint density at radius 1 is 1.32 bits per heavy atom. The van der Waals surface area contributed by atoms with E-state index in [0.29, 0.717) is 5.28 Å². The largest absolute Gasteiger partial charge is 0.324 e. The van der Waals surface area contributed by atoms with Crippen LogP contribution in [0.5, 0.6) is 0 Å². The topological polar surface area (TPSA) is 46.9 Å². The summed E-state index contributed by atoms with van der Waals surface area (Å²) in [6, 6.07) is 13.3. The summed E-state index contributed by atoms with van der Waals surface area (Å²) in [4.78, 5) is 16.5. The van der Waals surface area contributed by atoms with Crippen molar-refractivity contribution in [3.8, 4) is 0 Å². The van der Waals surface area contributed by atoms with E-state index in [2.05, 4.69) is 26.2 Å². The van der Waals surface area contributed by atoms with Gasteiger partial charge in [-0.2, -0.15) is 0 Å². The number of hydrogen-bond acceptors (Lipinski definition) is 2. The highest BCUT2D eigenvalue weighted by atomic mass is 79.9. The lowest BCUT2D eigenvalue weighted by Crippen LogP contribution is -2.19. The molecule has 4 nitrogen and oxygen atoms in total. The molecule has 1 heterocycles. The van der Waals surface area contributed by atoms with Gasteiger partial charge in [0.05, 0.1) is 16.7 Å². The number of amides is 1. The molecule has 1 amide bonds. The molecule has 0 saturated carbocycles. The number of aromatic nitrogens is 2. The summed E-state index contributed by atoms with van der Waals surface area (Å²) in [6.07, 6.45) is 0. The van der Waals surface area contributed by atoms with E-state index in [4.69, 9.17) is 11.6 Å². The quantitative estimate of drug-likeness (QED) is 0.734. The Hall–Kier alpha value is -1.85. The third kappa shape index (κ3) is 3.00. The predicted octanol–water partition coefficient (Wildman–Crippen LogP) is 4.40. The van der Waals surface area contributed by atoms with Gasteiger partial charge in [0, 0.05) is 4.47 Å². The molecule has 0 aliphatic heterocycles. The Labute approximate surface area is 141 Å². The second kappa shape index (κ2) is 6.10. The van der Waals surface area contributed by atoms with Crippen LogP contribution >= 0.6 is 27.5 Å². The van der Waals surface area contributed by atoms with Crippen LogP contribution < -0.4 is 5.32 Å². The first kappa shape index (κ1) is 15.1. The minimum absolute atomic E-state index is 0.111. The van der Waals surface area contributed by atoms with Gasteiger partial charge in [-0.25, -0.2) is 4.98 Å². The van der Waals surface area contributed by atoms with Crippen LogP contribution in [0.1, 0.15) is 5.56 Å². The molecule has 0 fully saturated rings. The number of benzene rings is 2. The van der Waals surface area contributed by atoms with E-state index in [1.165, 1.54) is 0 Å². The number of para-hydroxylation sites is 2. The summed E-state index contributed by atoms with van der Waals surface area (Å²) in [5.41, 5.74) is 3.46. The Morgan fingerprint density at radius 3 is 2.86 bits per heavy atom. The number of halogens is 2. The fraction of sp³-hybridized carbons (Fsp3) is 0.125. The lowest BCUT2D eigenvalue weighted by molar-refractivity contribution is -0.116. The van der Waals surface area contributed by atoms with Crippen molar-refractivity contribution in [3.05, 3.63) is 57.8 Å². The van der Waals surface area contributed by atoms with Gasteiger partial charge >= 0.3 is 0 Å². The monoisotopic (exact) mass is 377 g/mol. The molecule has 0 spiro atoms. The van der Waals surface area contributed by atoms with Gasteiger partial charge in [0.25, 0.3) is 0 Å². The van der Waals surface area contributed by atoms with E-state index in [-0.39, 0.29) is 12.5 Å². The maximum Gasteiger partial charge on any atom is 0.244 e. The second-order valence-electron chi connectivity index (χ2n) is 4.99. The van der Waals surface area contributed by atoms with E-state index in [1.807, 2.05) is 49.4 Å². The molecule has 1 N–H and O–H groups in total. The third-order valence-electron chi connectivity index (χ3n) is 3.31. The van der Waals surface area contributed by atoms with Gasteiger partial charge in [0.2, 0.25) is 11.2 Å². The number of fused-ring (bicyclic) bond motifs is 1. The highest BCUT2D eigenvalue weighted by molar-refractivity contribution is 9.10. The summed E-state index contributed by atoms with van der Waals surface area (Å²) in [5.74, 6) is -0.158. The number of nitrogens with zero attached hydrogens (tertiary/aromatic N) is 2. The molecule has 0 aliphatic rings. The van der Waals surface area contributed by atoms with E-state index in [9.17, 15) is 4.79 Å². The number of imidazole rings is 1. The van der Waals surface area contributed by atoms with Crippen LogP contribution in [0, 0.1) is 6.92 Å². The van der Waals surface area contributed by atoms with E-state index in [1.54, 1.807) is 4.57 Å². The fourth-order valence-electron chi connectivity index (χ4n) is 2.25. The predicted molar refractivity (Wildman–Crippen MR) is 92.3 cm³/mol. The Bertz CT molecular complexity index is 860. The highest BCUT2D eigenvalue weighted by Crippen LogP contribution is 2.24. The van der Waals surface area contributed by atoms with E-state index >= 15 is 0 Å². The second-order valence-corrected chi connectivity index (χ2v) is 6.18. The smallest absolute Gasteiger partial charge is 0.244 e. The van der Waals surface area contributed by atoms with Gasteiger partial charge in [-0.1, -0.05) is 18.2 Å². The SMILES string of the molecule is Cc1ccc(NC(=O)Cn2c(Cl)nc3ccccc32)c(Br)c1. The number of hydrogen-bond donors (Lipinski definition) is 1. The first-order valence-electron chi connectivity index (χ1n) is 6.71. The fourth-order valence-corrected chi connectivity index (χ4v) is 3.09. The van der Waals surface area contributed by atoms with E-state index < -0.39 is 0 Å². The normalized spacial score (nSPS) is 10.9. The molecule has 0 radical (unpaired) electrons. The minimum Gasteiger partial charge on any atom is -0.324 e. The first-order valence-corrected chi connectivity index (χ1v) is 7.88. The lowest BCUT2D eigenvalue weighted by atomic mass is 10.2. The Balaban J connectivity index is 1.83. The van der Waals surface area contributed by atoms with Gasteiger partial charge < -0.3 is 9.88 Å². The van der Waals surface area contributed by atoms with Crippen molar-refractivity contribution in [1.82, 2.24) is 9.55 Å². The zero-order valence-electron chi connectivity index (χ0n) is 11.8. The maximum absolute atomic E-state index is 12.3. The summed E-state index contributed by atoms with van der Waals surface area (Å²) in [7, 11) is 0. The molecule has 0 unspecified atom stereocenters. The van der Waals surface area contributed by atoms with Gasteiger partial charge in [-0.05, 0) is 64.3 Å². The zero-order chi connectivity index (χ0) is 15.7. The van der Waals surface area contributed by atoms with Crippen molar-refractivity contribution in [2.45, 2.75) is 13.5 Å². The Kier molecular flexibility index (Phi) is 4.18. The van der Waals surface area contributed by atoms with Crippen LogP contribution in [-0.2, 0) is 11.3 Å². The maximum atomic E-state index is 12.3. The molecule has 1 aromatic heterocycles. The van der Waals surface area contributed by atoms with Crippen molar-refractivity contribution in [1.29, 1.82) is 0 Å².